The van der Waals surface area contributed by atoms with E-state index in [-0.39, 0.29) is 10.8 Å². The predicted molar refractivity (Wildman–Crippen MR) is 126 cm³/mol. The zero-order chi connectivity index (χ0) is 20.8. The van der Waals surface area contributed by atoms with Crippen LogP contribution in [-0.4, -0.2) is 0 Å². The molecule has 0 saturated carbocycles. The monoisotopic (exact) mass is 384 g/mol. The van der Waals surface area contributed by atoms with Gasteiger partial charge in [0, 0.05) is 34.4 Å². The maximum atomic E-state index is 3.78. The third kappa shape index (κ3) is 3.76. The van der Waals surface area contributed by atoms with E-state index in [4.69, 9.17) is 0 Å². The highest BCUT2D eigenvalue weighted by Gasteiger charge is 2.25. The summed E-state index contributed by atoms with van der Waals surface area (Å²) in [6.07, 6.45) is 7.68. The molecule has 150 valence electrons. The van der Waals surface area contributed by atoms with Crippen molar-refractivity contribution in [3.8, 4) is 0 Å². The van der Waals surface area contributed by atoms with Crippen LogP contribution in [0.2, 0.25) is 0 Å². The number of fused-ring (bicyclic) bond motifs is 3. The SMILES string of the molecule is CC(C)(C)c1ccc(NC2=CCC=C3C2=CNc2ccccc23)c(C(C)(C)C)c1. The van der Waals surface area contributed by atoms with Gasteiger partial charge in [-0.1, -0.05) is 84.0 Å². The van der Waals surface area contributed by atoms with Crippen molar-refractivity contribution < 1.29 is 0 Å². The molecule has 2 N–H and O–H groups in total. The maximum Gasteiger partial charge on any atom is 0.0459 e. The van der Waals surface area contributed by atoms with Gasteiger partial charge in [-0.2, -0.15) is 0 Å². The van der Waals surface area contributed by atoms with Crippen LogP contribution in [0.5, 0.6) is 0 Å². The second kappa shape index (κ2) is 6.95. The van der Waals surface area contributed by atoms with E-state index < -0.39 is 0 Å². The van der Waals surface area contributed by atoms with Crippen molar-refractivity contribution in [1.82, 2.24) is 0 Å². The van der Waals surface area contributed by atoms with Crippen LogP contribution in [-0.2, 0) is 10.8 Å². The van der Waals surface area contributed by atoms with Crippen molar-refractivity contribution in [1.29, 1.82) is 0 Å². The fourth-order valence-corrected chi connectivity index (χ4v) is 4.07. The van der Waals surface area contributed by atoms with Gasteiger partial charge in [-0.25, -0.2) is 0 Å². The van der Waals surface area contributed by atoms with Gasteiger partial charge in [0.05, 0.1) is 0 Å². The lowest BCUT2D eigenvalue weighted by molar-refractivity contribution is 0.570. The third-order valence-electron chi connectivity index (χ3n) is 5.78. The number of allylic oxidation sites excluding steroid dienone is 3. The van der Waals surface area contributed by atoms with Gasteiger partial charge in [-0.05, 0) is 46.1 Å². The molecule has 0 radical (unpaired) electrons. The molecule has 1 aliphatic heterocycles. The lowest BCUT2D eigenvalue weighted by Crippen LogP contribution is -2.20. The average molecular weight is 385 g/mol. The number of hydrogen-bond donors (Lipinski definition) is 2. The van der Waals surface area contributed by atoms with Crippen LogP contribution in [0.4, 0.5) is 11.4 Å². The van der Waals surface area contributed by atoms with Crippen LogP contribution in [0.25, 0.3) is 5.57 Å². The molecule has 2 nitrogen and oxygen atoms in total. The molecule has 2 heteroatoms. The van der Waals surface area contributed by atoms with E-state index in [2.05, 4.69) is 113 Å². The Hall–Kier alpha value is -2.74. The zero-order valence-corrected chi connectivity index (χ0v) is 18.5. The Morgan fingerprint density at radius 1 is 0.828 bits per heavy atom. The summed E-state index contributed by atoms with van der Waals surface area (Å²) in [6, 6.07) is 15.4. The highest BCUT2D eigenvalue weighted by Crippen LogP contribution is 2.41. The minimum Gasteiger partial charge on any atom is -0.360 e. The summed E-state index contributed by atoms with van der Waals surface area (Å²) in [4.78, 5) is 0. The first-order valence-electron chi connectivity index (χ1n) is 10.5. The quantitative estimate of drug-likeness (QED) is 0.564. The number of para-hydroxylation sites is 1. The highest BCUT2D eigenvalue weighted by molar-refractivity contribution is 5.94. The van der Waals surface area contributed by atoms with E-state index in [9.17, 15) is 0 Å². The summed E-state index contributed by atoms with van der Waals surface area (Å²) >= 11 is 0. The second-order valence-corrected chi connectivity index (χ2v) is 10.1. The molecular weight excluding hydrogens is 352 g/mol. The van der Waals surface area contributed by atoms with E-state index in [1.54, 1.807) is 0 Å². The molecule has 0 aromatic heterocycles. The van der Waals surface area contributed by atoms with E-state index in [1.165, 1.54) is 44.9 Å². The van der Waals surface area contributed by atoms with Crippen molar-refractivity contribution in [2.45, 2.75) is 58.8 Å². The summed E-state index contributed by atoms with van der Waals surface area (Å²) < 4.78 is 0. The Kier molecular flexibility index (Phi) is 4.69. The maximum absolute atomic E-state index is 3.78. The average Bonchev–Trinajstić information content (AvgIpc) is 2.66. The summed E-state index contributed by atoms with van der Waals surface area (Å²) in [5.74, 6) is 0. The number of rotatable bonds is 2. The number of hydrogen-bond acceptors (Lipinski definition) is 2. The van der Waals surface area contributed by atoms with Gasteiger partial charge in [-0.15, -0.1) is 0 Å². The van der Waals surface area contributed by atoms with Crippen LogP contribution >= 0.6 is 0 Å². The summed E-state index contributed by atoms with van der Waals surface area (Å²) in [5.41, 5.74) is 10.3. The largest absolute Gasteiger partial charge is 0.360 e. The first-order valence-corrected chi connectivity index (χ1v) is 10.5. The number of benzene rings is 2. The standard InChI is InChI=1S/C27H32N2/c1-26(2,3)18-14-15-25(22(16-18)27(4,5)6)29-24-13-9-11-19-20-10-7-8-12-23(20)28-17-21(19)24/h7-8,10-17,28-29H,9H2,1-6H3. The first kappa shape index (κ1) is 19.6. The number of anilines is 2. The summed E-state index contributed by atoms with van der Waals surface area (Å²) in [6.45, 7) is 13.7. The van der Waals surface area contributed by atoms with Crippen molar-refractivity contribution in [2.24, 2.45) is 0 Å². The van der Waals surface area contributed by atoms with Crippen LogP contribution < -0.4 is 10.6 Å². The van der Waals surface area contributed by atoms with Crippen molar-refractivity contribution in [3.63, 3.8) is 0 Å². The summed E-state index contributed by atoms with van der Waals surface area (Å²) in [7, 11) is 0. The first-order chi connectivity index (χ1) is 13.6. The molecule has 4 rings (SSSR count). The molecule has 2 aromatic rings. The Morgan fingerprint density at radius 2 is 1.59 bits per heavy atom. The Balaban J connectivity index is 1.70. The molecule has 0 bridgehead atoms. The topological polar surface area (TPSA) is 24.1 Å². The Bertz CT molecular complexity index is 1040. The molecule has 0 amide bonds. The lowest BCUT2D eigenvalue weighted by atomic mass is 9.79. The summed E-state index contributed by atoms with van der Waals surface area (Å²) in [5, 5.41) is 7.24. The smallest absolute Gasteiger partial charge is 0.0459 e. The van der Waals surface area contributed by atoms with E-state index >= 15 is 0 Å². The van der Waals surface area contributed by atoms with Crippen LogP contribution in [0, 0.1) is 0 Å². The normalized spacial score (nSPS) is 16.0. The molecule has 0 saturated heterocycles. The molecule has 0 fully saturated rings. The molecule has 0 atom stereocenters. The van der Waals surface area contributed by atoms with E-state index in [0.717, 1.165) is 6.42 Å². The molecule has 2 aliphatic rings. The molecule has 0 spiro atoms. The molecule has 1 heterocycles. The van der Waals surface area contributed by atoms with Crippen LogP contribution in [0.3, 0.4) is 0 Å². The van der Waals surface area contributed by atoms with Crippen LogP contribution in [0.1, 0.15) is 64.7 Å². The van der Waals surface area contributed by atoms with Gasteiger partial charge < -0.3 is 10.6 Å². The Morgan fingerprint density at radius 3 is 2.31 bits per heavy atom. The van der Waals surface area contributed by atoms with E-state index in [0.29, 0.717) is 0 Å². The van der Waals surface area contributed by atoms with Gasteiger partial charge in [-0.3, -0.25) is 0 Å². The van der Waals surface area contributed by atoms with Gasteiger partial charge in [0.2, 0.25) is 0 Å². The number of nitrogens with one attached hydrogen (secondary N) is 2. The fourth-order valence-electron chi connectivity index (χ4n) is 4.07. The zero-order valence-electron chi connectivity index (χ0n) is 18.5. The molecule has 2 aromatic carbocycles. The van der Waals surface area contributed by atoms with Crippen molar-refractivity contribution in [2.75, 3.05) is 10.6 Å². The van der Waals surface area contributed by atoms with Crippen LogP contribution in [0.15, 0.2) is 72.1 Å². The highest BCUT2D eigenvalue weighted by atomic mass is 14.9. The fraction of sp³-hybridized carbons (Fsp3) is 0.333. The van der Waals surface area contributed by atoms with Gasteiger partial charge >= 0.3 is 0 Å². The van der Waals surface area contributed by atoms with Gasteiger partial charge in [0.25, 0.3) is 0 Å². The second-order valence-electron chi connectivity index (χ2n) is 10.1. The minimum absolute atomic E-state index is 0.0588. The van der Waals surface area contributed by atoms with E-state index in [1.807, 2.05) is 0 Å². The molecule has 0 unspecified atom stereocenters. The van der Waals surface area contributed by atoms with Gasteiger partial charge in [0.15, 0.2) is 0 Å². The minimum atomic E-state index is 0.0588. The molecule has 1 aliphatic carbocycles. The van der Waals surface area contributed by atoms with Crippen molar-refractivity contribution >= 4 is 16.9 Å². The van der Waals surface area contributed by atoms with Gasteiger partial charge in [0.1, 0.15) is 0 Å². The van der Waals surface area contributed by atoms with Crippen molar-refractivity contribution in [3.05, 3.63) is 88.8 Å². The molecule has 29 heavy (non-hydrogen) atoms. The lowest BCUT2D eigenvalue weighted by Gasteiger charge is -2.30. The molecular formula is C27H32N2. The Labute approximate surface area is 175 Å². The third-order valence-corrected chi connectivity index (χ3v) is 5.78. The predicted octanol–water partition coefficient (Wildman–Crippen LogP) is 7.37.